The Bertz CT molecular complexity index is 511. The van der Waals surface area contributed by atoms with Crippen LogP contribution in [0.2, 0.25) is 0 Å². The minimum Gasteiger partial charge on any atom is -0.316 e. The van der Waals surface area contributed by atoms with Crippen molar-refractivity contribution in [2.45, 2.75) is 32.2 Å². The van der Waals surface area contributed by atoms with Crippen LogP contribution in [0.3, 0.4) is 0 Å². The average Bonchev–Trinajstić information content (AvgIpc) is 2.97. The number of pyridine rings is 1. The van der Waals surface area contributed by atoms with Crippen LogP contribution in [-0.2, 0) is 6.54 Å². The largest absolute Gasteiger partial charge is 0.316 e. The molecule has 1 atom stereocenters. The lowest BCUT2D eigenvalue weighted by Gasteiger charge is -2.11. The average molecular weight is 230 g/mol. The number of nitrogens with zero attached hydrogens (tertiary/aromatic N) is 3. The van der Waals surface area contributed by atoms with Gasteiger partial charge in [-0.05, 0) is 31.5 Å². The van der Waals surface area contributed by atoms with Gasteiger partial charge in [-0.25, -0.2) is 9.97 Å². The van der Waals surface area contributed by atoms with Crippen LogP contribution in [0.1, 0.15) is 31.5 Å². The molecule has 0 bridgehead atoms. The van der Waals surface area contributed by atoms with Gasteiger partial charge in [-0.1, -0.05) is 6.92 Å². The Kier molecular flexibility index (Phi) is 2.81. The molecule has 0 unspecified atom stereocenters. The normalized spacial score (nSPS) is 20.2. The van der Waals surface area contributed by atoms with Crippen molar-refractivity contribution in [1.82, 2.24) is 19.9 Å². The van der Waals surface area contributed by atoms with Gasteiger partial charge in [0.1, 0.15) is 11.3 Å². The van der Waals surface area contributed by atoms with E-state index < -0.39 is 0 Å². The van der Waals surface area contributed by atoms with E-state index >= 15 is 0 Å². The Labute approximate surface area is 101 Å². The molecule has 4 heteroatoms. The topological polar surface area (TPSA) is 42.7 Å². The molecule has 1 fully saturated rings. The summed E-state index contributed by atoms with van der Waals surface area (Å²) in [7, 11) is 0. The number of fused-ring (bicyclic) bond motifs is 1. The van der Waals surface area contributed by atoms with Gasteiger partial charge in [-0.2, -0.15) is 0 Å². The van der Waals surface area contributed by atoms with Crippen LogP contribution < -0.4 is 5.32 Å². The fourth-order valence-corrected chi connectivity index (χ4v) is 2.61. The van der Waals surface area contributed by atoms with Crippen molar-refractivity contribution >= 4 is 11.2 Å². The van der Waals surface area contributed by atoms with E-state index in [4.69, 9.17) is 4.98 Å². The van der Waals surface area contributed by atoms with E-state index in [1.54, 1.807) is 0 Å². The van der Waals surface area contributed by atoms with Gasteiger partial charge in [0.25, 0.3) is 0 Å². The molecular formula is C13H18N4. The van der Waals surface area contributed by atoms with E-state index in [2.05, 4.69) is 27.9 Å². The molecule has 17 heavy (non-hydrogen) atoms. The summed E-state index contributed by atoms with van der Waals surface area (Å²) in [6, 6.07) is 4.02. The van der Waals surface area contributed by atoms with Gasteiger partial charge in [-0.15, -0.1) is 0 Å². The van der Waals surface area contributed by atoms with E-state index in [0.717, 1.165) is 37.2 Å². The summed E-state index contributed by atoms with van der Waals surface area (Å²) in [6.07, 6.45) is 4.16. The highest BCUT2D eigenvalue weighted by Gasteiger charge is 2.23. The van der Waals surface area contributed by atoms with E-state index in [-0.39, 0.29) is 0 Å². The molecule has 90 valence electrons. The van der Waals surface area contributed by atoms with E-state index in [1.807, 2.05) is 12.3 Å². The fraction of sp³-hybridized carbons (Fsp3) is 0.538. The van der Waals surface area contributed by atoms with Crippen LogP contribution in [0.25, 0.3) is 11.2 Å². The third kappa shape index (κ3) is 1.82. The maximum Gasteiger partial charge on any atom is 0.159 e. The molecule has 0 aliphatic carbocycles. The van der Waals surface area contributed by atoms with Gasteiger partial charge < -0.3 is 9.88 Å². The van der Waals surface area contributed by atoms with E-state index in [1.165, 1.54) is 12.2 Å². The summed E-state index contributed by atoms with van der Waals surface area (Å²) in [5.74, 6) is 1.77. The van der Waals surface area contributed by atoms with E-state index in [0.29, 0.717) is 5.92 Å². The second-order valence-electron chi connectivity index (χ2n) is 4.66. The van der Waals surface area contributed by atoms with Gasteiger partial charge in [0, 0.05) is 25.2 Å². The third-order valence-corrected chi connectivity index (χ3v) is 3.41. The summed E-state index contributed by atoms with van der Waals surface area (Å²) in [4.78, 5) is 9.25. The smallest absolute Gasteiger partial charge is 0.159 e. The highest BCUT2D eigenvalue weighted by Crippen LogP contribution is 2.25. The SMILES string of the molecule is CCCn1c([C@H]2CCNC2)nc2cccnc21. The molecule has 3 heterocycles. The number of hydrogen-bond acceptors (Lipinski definition) is 3. The Morgan fingerprint density at radius 3 is 3.24 bits per heavy atom. The number of aromatic nitrogens is 3. The maximum absolute atomic E-state index is 4.77. The molecule has 4 nitrogen and oxygen atoms in total. The van der Waals surface area contributed by atoms with Crippen LogP contribution in [0.4, 0.5) is 0 Å². The van der Waals surface area contributed by atoms with Crippen molar-refractivity contribution in [2.75, 3.05) is 13.1 Å². The highest BCUT2D eigenvalue weighted by molar-refractivity contribution is 5.71. The Hall–Kier alpha value is -1.42. The fourth-order valence-electron chi connectivity index (χ4n) is 2.61. The molecule has 1 saturated heterocycles. The molecular weight excluding hydrogens is 212 g/mol. The number of rotatable bonds is 3. The van der Waals surface area contributed by atoms with Crippen molar-refractivity contribution in [3.8, 4) is 0 Å². The van der Waals surface area contributed by atoms with Gasteiger partial charge in [0.15, 0.2) is 5.65 Å². The number of aryl methyl sites for hydroxylation is 1. The number of nitrogens with one attached hydrogen (secondary N) is 1. The molecule has 2 aromatic heterocycles. The monoisotopic (exact) mass is 230 g/mol. The summed E-state index contributed by atoms with van der Waals surface area (Å²) in [5, 5.41) is 3.41. The molecule has 0 aromatic carbocycles. The third-order valence-electron chi connectivity index (χ3n) is 3.41. The quantitative estimate of drug-likeness (QED) is 0.876. The molecule has 2 aromatic rings. The molecule has 3 rings (SSSR count). The Morgan fingerprint density at radius 2 is 2.47 bits per heavy atom. The zero-order valence-electron chi connectivity index (χ0n) is 10.2. The molecule has 0 spiro atoms. The van der Waals surface area contributed by atoms with Crippen molar-refractivity contribution in [3.63, 3.8) is 0 Å². The first-order chi connectivity index (χ1) is 8.40. The van der Waals surface area contributed by atoms with Crippen LogP contribution in [0.15, 0.2) is 18.3 Å². The first-order valence-corrected chi connectivity index (χ1v) is 6.42. The lowest BCUT2D eigenvalue weighted by molar-refractivity contribution is 0.598. The zero-order valence-corrected chi connectivity index (χ0v) is 10.2. The number of imidazole rings is 1. The van der Waals surface area contributed by atoms with Gasteiger partial charge >= 0.3 is 0 Å². The van der Waals surface area contributed by atoms with Crippen LogP contribution in [-0.4, -0.2) is 27.6 Å². The predicted octanol–water partition coefficient (Wildman–Crippen LogP) is 1.92. The van der Waals surface area contributed by atoms with Crippen molar-refractivity contribution in [3.05, 3.63) is 24.2 Å². The van der Waals surface area contributed by atoms with Gasteiger partial charge in [0.05, 0.1) is 0 Å². The highest BCUT2D eigenvalue weighted by atomic mass is 15.1. The lowest BCUT2D eigenvalue weighted by Crippen LogP contribution is -2.13. The minimum absolute atomic E-state index is 0.552. The standard InChI is InChI=1S/C13H18N4/c1-2-8-17-12(10-5-7-14-9-10)16-11-4-3-6-15-13(11)17/h3-4,6,10,14H,2,5,7-9H2,1H3/t10-/m0/s1. The minimum atomic E-state index is 0.552. The van der Waals surface area contributed by atoms with E-state index in [9.17, 15) is 0 Å². The summed E-state index contributed by atoms with van der Waals surface area (Å²) < 4.78 is 2.30. The second kappa shape index (κ2) is 4.45. The zero-order chi connectivity index (χ0) is 11.7. The first kappa shape index (κ1) is 10.7. The first-order valence-electron chi connectivity index (χ1n) is 6.42. The molecule has 1 aliphatic rings. The van der Waals surface area contributed by atoms with Crippen molar-refractivity contribution < 1.29 is 0 Å². The summed E-state index contributed by atoms with van der Waals surface area (Å²) in [6.45, 7) is 5.37. The predicted molar refractivity (Wildman–Crippen MR) is 68.0 cm³/mol. The van der Waals surface area contributed by atoms with Crippen LogP contribution in [0.5, 0.6) is 0 Å². The molecule has 1 aliphatic heterocycles. The van der Waals surface area contributed by atoms with Crippen molar-refractivity contribution in [1.29, 1.82) is 0 Å². The Balaban J connectivity index is 2.11. The molecule has 0 saturated carbocycles. The molecule has 1 N–H and O–H groups in total. The Morgan fingerprint density at radius 1 is 1.53 bits per heavy atom. The van der Waals surface area contributed by atoms with Gasteiger partial charge in [0.2, 0.25) is 0 Å². The van der Waals surface area contributed by atoms with Crippen molar-refractivity contribution in [2.24, 2.45) is 0 Å². The summed E-state index contributed by atoms with van der Waals surface area (Å²) in [5.41, 5.74) is 2.07. The number of hydrogen-bond donors (Lipinski definition) is 1. The lowest BCUT2D eigenvalue weighted by atomic mass is 10.1. The molecule has 0 amide bonds. The van der Waals surface area contributed by atoms with Gasteiger partial charge in [-0.3, -0.25) is 0 Å². The van der Waals surface area contributed by atoms with Crippen LogP contribution in [0, 0.1) is 0 Å². The summed E-state index contributed by atoms with van der Waals surface area (Å²) >= 11 is 0. The van der Waals surface area contributed by atoms with Crippen LogP contribution >= 0.6 is 0 Å². The second-order valence-corrected chi connectivity index (χ2v) is 4.66. The molecule has 0 radical (unpaired) electrons. The maximum atomic E-state index is 4.77.